The molecule has 1 aliphatic heterocycles. The third kappa shape index (κ3) is 4.92. The highest BCUT2D eigenvalue weighted by atomic mass is 16.7. The first-order valence-corrected chi connectivity index (χ1v) is 6.88. The quantitative estimate of drug-likeness (QED) is 0.688. The molecule has 0 radical (unpaired) electrons. The van der Waals surface area contributed by atoms with Crippen LogP contribution in [-0.4, -0.2) is 57.0 Å². The van der Waals surface area contributed by atoms with E-state index in [0.29, 0.717) is 13.2 Å². The van der Waals surface area contributed by atoms with Gasteiger partial charge in [0.2, 0.25) is 5.91 Å². The standard InChI is InChI=1S/C13H26N2O3/c1-4-17-12(18-5-2)10-15-8-6-7-11(9-15)13(16)14-3/h11-12H,4-10H2,1-3H3,(H,14,16). The second-order valence-corrected chi connectivity index (χ2v) is 4.55. The normalized spacial score (nSPS) is 21.2. The van der Waals surface area contributed by atoms with Crippen LogP contribution in [0, 0.1) is 5.92 Å². The summed E-state index contributed by atoms with van der Waals surface area (Å²) in [6.45, 7) is 7.80. The molecule has 0 saturated carbocycles. The van der Waals surface area contributed by atoms with Crippen LogP contribution in [-0.2, 0) is 14.3 Å². The number of nitrogens with one attached hydrogen (secondary N) is 1. The maximum absolute atomic E-state index is 11.6. The van der Waals surface area contributed by atoms with Crippen molar-refractivity contribution in [3.63, 3.8) is 0 Å². The van der Waals surface area contributed by atoms with Gasteiger partial charge in [-0.3, -0.25) is 9.69 Å². The molecule has 0 aromatic carbocycles. The fourth-order valence-corrected chi connectivity index (χ4v) is 2.38. The third-order valence-corrected chi connectivity index (χ3v) is 3.24. The Morgan fingerprint density at radius 2 is 2.06 bits per heavy atom. The van der Waals surface area contributed by atoms with Crippen LogP contribution in [0.4, 0.5) is 0 Å². The number of hydrogen-bond donors (Lipinski definition) is 1. The lowest BCUT2D eigenvalue weighted by Crippen LogP contribution is -2.45. The number of ether oxygens (including phenoxy) is 2. The second-order valence-electron chi connectivity index (χ2n) is 4.55. The van der Waals surface area contributed by atoms with Crippen molar-refractivity contribution in [3.8, 4) is 0 Å². The maximum Gasteiger partial charge on any atom is 0.224 e. The average Bonchev–Trinajstić information content (AvgIpc) is 2.39. The Balaban J connectivity index is 2.42. The zero-order valence-electron chi connectivity index (χ0n) is 11.8. The SMILES string of the molecule is CCOC(CN1CCCC(C(=O)NC)C1)OCC. The summed E-state index contributed by atoms with van der Waals surface area (Å²) in [7, 11) is 1.70. The van der Waals surface area contributed by atoms with Gasteiger partial charge in [0.25, 0.3) is 0 Å². The number of hydrogen-bond acceptors (Lipinski definition) is 4. The number of amides is 1. The van der Waals surface area contributed by atoms with E-state index in [2.05, 4.69) is 10.2 Å². The molecule has 0 aromatic heterocycles. The van der Waals surface area contributed by atoms with Crippen molar-refractivity contribution in [1.82, 2.24) is 10.2 Å². The fourth-order valence-electron chi connectivity index (χ4n) is 2.38. The van der Waals surface area contributed by atoms with Gasteiger partial charge in [0, 0.05) is 33.4 Å². The highest BCUT2D eigenvalue weighted by molar-refractivity contribution is 5.78. The minimum Gasteiger partial charge on any atom is -0.359 e. The molecule has 0 bridgehead atoms. The number of rotatable bonds is 7. The summed E-state index contributed by atoms with van der Waals surface area (Å²) >= 11 is 0. The van der Waals surface area contributed by atoms with Crippen LogP contribution >= 0.6 is 0 Å². The van der Waals surface area contributed by atoms with Crippen LogP contribution < -0.4 is 5.32 Å². The summed E-state index contributed by atoms with van der Waals surface area (Å²) in [5.41, 5.74) is 0. The fraction of sp³-hybridized carbons (Fsp3) is 0.923. The first-order chi connectivity index (χ1) is 8.71. The molecule has 1 rings (SSSR count). The smallest absolute Gasteiger partial charge is 0.224 e. The van der Waals surface area contributed by atoms with Crippen LogP contribution in [0.2, 0.25) is 0 Å². The monoisotopic (exact) mass is 258 g/mol. The van der Waals surface area contributed by atoms with Crippen molar-refractivity contribution >= 4 is 5.91 Å². The molecule has 1 N–H and O–H groups in total. The van der Waals surface area contributed by atoms with E-state index < -0.39 is 0 Å². The van der Waals surface area contributed by atoms with Gasteiger partial charge >= 0.3 is 0 Å². The van der Waals surface area contributed by atoms with Crippen molar-refractivity contribution in [2.75, 3.05) is 39.9 Å². The summed E-state index contributed by atoms with van der Waals surface area (Å²) in [6, 6.07) is 0. The lowest BCUT2D eigenvalue weighted by molar-refractivity contribution is -0.151. The second kappa shape index (κ2) is 8.45. The molecule has 0 spiro atoms. The van der Waals surface area contributed by atoms with Gasteiger partial charge in [0.15, 0.2) is 6.29 Å². The van der Waals surface area contributed by atoms with Gasteiger partial charge in [-0.1, -0.05) is 0 Å². The summed E-state index contributed by atoms with van der Waals surface area (Å²) in [4.78, 5) is 13.9. The van der Waals surface area contributed by atoms with Crippen LogP contribution in [0.3, 0.4) is 0 Å². The largest absolute Gasteiger partial charge is 0.359 e. The molecule has 1 heterocycles. The molecule has 5 nitrogen and oxygen atoms in total. The molecule has 1 atom stereocenters. The predicted molar refractivity (Wildman–Crippen MR) is 70.3 cm³/mol. The molecule has 1 fully saturated rings. The summed E-state index contributed by atoms with van der Waals surface area (Å²) < 4.78 is 11.1. The van der Waals surface area contributed by atoms with Crippen molar-refractivity contribution in [3.05, 3.63) is 0 Å². The first-order valence-electron chi connectivity index (χ1n) is 6.88. The van der Waals surface area contributed by atoms with Gasteiger partial charge in [-0.05, 0) is 33.2 Å². The van der Waals surface area contributed by atoms with Crippen molar-refractivity contribution in [2.45, 2.75) is 33.0 Å². The van der Waals surface area contributed by atoms with Crippen LogP contribution in [0.15, 0.2) is 0 Å². The molecule has 1 amide bonds. The van der Waals surface area contributed by atoms with E-state index in [1.54, 1.807) is 7.05 Å². The van der Waals surface area contributed by atoms with E-state index in [0.717, 1.165) is 32.5 Å². The van der Waals surface area contributed by atoms with E-state index in [9.17, 15) is 4.79 Å². The van der Waals surface area contributed by atoms with Crippen LogP contribution in [0.5, 0.6) is 0 Å². The number of carbonyl (C=O) groups is 1. The molecule has 0 aromatic rings. The van der Waals surface area contributed by atoms with E-state index >= 15 is 0 Å². The van der Waals surface area contributed by atoms with Gasteiger partial charge < -0.3 is 14.8 Å². The van der Waals surface area contributed by atoms with E-state index in [-0.39, 0.29) is 18.1 Å². The summed E-state index contributed by atoms with van der Waals surface area (Å²) in [6.07, 6.45) is 1.86. The Kier molecular flexibility index (Phi) is 7.23. The Labute approximate surface area is 110 Å². The van der Waals surface area contributed by atoms with Crippen LogP contribution in [0.1, 0.15) is 26.7 Å². The van der Waals surface area contributed by atoms with E-state index in [1.807, 2.05) is 13.8 Å². The number of carbonyl (C=O) groups excluding carboxylic acids is 1. The topological polar surface area (TPSA) is 50.8 Å². The molecule has 18 heavy (non-hydrogen) atoms. The predicted octanol–water partition coefficient (Wildman–Crippen LogP) is 0.844. The van der Waals surface area contributed by atoms with Crippen LogP contribution in [0.25, 0.3) is 0 Å². The zero-order chi connectivity index (χ0) is 13.4. The molecule has 1 aliphatic rings. The van der Waals surface area contributed by atoms with Gasteiger partial charge in [0.1, 0.15) is 0 Å². The molecule has 1 unspecified atom stereocenters. The molecule has 5 heteroatoms. The minimum atomic E-state index is -0.177. The zero-order valence-corrected chi connectivity index (χ0v) is 11.8. The lowest BCUT2D eigenvalue weighted by atomic mass is 9.97. The first kappa shape index (κ1) is 15.4. The van der Waals surface area contributed by atoms with Crippen molar-refractivity contribution in [1.29, 1.82) is 0 Å². The summed E-state index contributed by atoms with van der Waals surface area (Å²) in [5, 5.41) is 2.73. The molecule has 0 aliphatic carbocycles. The van der Waals surface area contributed by atoms with E-state index in [1.165, 1.54) is 0 Å². The number of piperidine rings is 1. The lowest BCUT2D eigenvalue weighted by Gasteiger charge is -2.33. The highest BCUT2D eigenvalue weighted by Crippen LogP contribution is 2.17. The average molecular weight is 258 g/mol. The third-order valence-electron chi connectivity index (χ3n) is 3.24. The Morgan fingerprint density at radius 1 is 1.39 bits per heavy atom. The number of likely N-dealkylation sites (tertiary alicyclic amines) is 1. The van der Waals surface area contributed by atoms with Gasteiger partial charge in [-0.2, -0.15) is 0 Å². The molecule has 1 saturated heterocycles. The minimum absolute atomic E-state index is 0.104. The van der Waals surface area contributed by atoms with Gasteiger partial charge in [-0.15, -0.1) is 0 Å². The highest BCUT2D eigenvalue weighted by Gasteiger charge is 2.26. The molecule has 106 valence electrons. The molecular weight excluding hydrogens is 232 g/mol. The molecular formula is C13H26N2O3. The van der Waals surface area contributed by atoms with E-state index in [4.69, 9.17) is 9.47 Å². The summed E-state index contributed by atoms with van der Waals surface area (Å²) in [5.74, 6) is 0.247. The van der Waals surface area contributed by atoms with Crippen molar-refractivity contribution in [2.24, 2.45) is 5.92 Å². The maximum atomic E-state index is 11.6. The number of nitrogens with zero attached hydrogens (tertiary/aromatic N) is 1. The van der Waals surface area contributed by atoms with Gasteiger partial charge in [0.05, 0.1) is 5.92 Å². The van der Waals surface area contributed by atoms with Gasteiger partial charge in [-0.25, -0.2) is 0 Å². The Hall–Kier alpha value is -0.650. The Bertz CT molecular complexity index is 242. The van der Waals surface area contributed by atoms with Crippen molar-refractivity contribution < 1.29 is 14.3 Å². The Morgan fingerprint density at radius 3 is 2.61 bits per heavy atom.